The van der Waals surface area contributed by atoms with Crippen LogP contribution in [0, 0.1) is 11.3 Å². The molecule has 2 atom stereocenters. The van der Waals surface area contributed by atoms with Crippen molar-refractivity contribution in [3.63, 3.8) is 0 Å². The summed E-state index contributed by atoms with van der Waals surface area (Å²) < 4.78 is 0. The van der Waals surface area contributed by atoms with Crippen molar-refractivity contribution in [1.29, 1.82) is 0 Å². The highest BCUT2D eigenvalue weighted by Gasteiger charge is 2.29. The number of carbonyl (C=O) groups excluding carboxylic acids is 1. The predicted octanol–water partition coefficient (Wildman–Crippen LogP) is 1.99. The van der Waals surface area contributed by atoms with Gasteiger partial charge in [-0.2, -0.15) is 0 Å². The molecule has 0 aliphatic carbocycles. The van der Waals surface area contributed by atoms with E-state index < -0.39 is 0 Å². The standard InChI is InChI=1S/C16H33N3O/c1-5-18-15(20)11-14(12-17)19-9-6-7-13(8-10-19)16(2,3)4/h13-14H,5-12,17H2,1-4H3,(H,18,20). The maximum atomic E-state index is 11.8. The third-order valence-corrected chi connectivity index (χ3v) is 4.57. The molecule has 2 unspecified atom stereocenters. The van der Waals surface area contributed by atoms with Gasteiger partial charge in [0.2, 0.25) is 5.91 Å². The lowest BCUT2D eigenvalue weighted by Crippen LogP contribution is -2.44. The van der Waals surface area contributed by atoms with Gasteiger partial charge in [0.05, 0.1) is 0 Å². The van der Waals surface area contributed by atoms with Gasteiger partial charge in [-0.3, -0.25) is 9.69 Å². The van der Waals surface area contributed by atoms with E-state index in [1.807, 2.05) is 6.92 Å². The first-order valence-corrected chi connectivity index (χ1v) is 8.09. The average molecular weight is 283 g/mol. The van der Waals surface area contributed by atoms with E-state index in [0.29, 0.717) is 24.9 Å². The van der Waals surface area contributed by atoms with Crippen LogP contribution < -0.4 is 11.1 Å². The zero-order chi connectivity index (χ0) is 15.2. The van der Waals surface area contributed by atoms with E-state index in [9.17, 15) is 4.79 Å². The number of nitrogens with two attached hydrogens (primary N) is 1. The van der Waals surface area contributed by atoms with Crippen molar-refractivity contribution in [2.24, 2.45) is 17.1 Å². The maximum absolute atomic E-state index is 11.8. The van der Waals surface area contributed by atoms with Crippen LogP contribution in [0.4, 0.5) is 0 Å². The SMILES string of the molecule is CCNC(=O)CC(CN)N1CCCC(C(C)(C)C)CC1. The highest BCUT2D eigenvalue weighted by Crippen LogP contribution is 2.34. The van der Waals surface area contributed by atoms with E-state index in [-0.39, 0.29) is 11.9 Å². The molecule has 20 heavy (non-hydrogen) atoms. The molecule has 4 nitrogen and oxygen atoms in total. The molecule has 1 aliphatic heterocycles. The predicted molar refractivity (Wildman–Crippen MR) is 84.5 cm³/mol. The third-order valence-electron chi connectivity index (χ3n) is 4.57. The fourth-order valence-electron chi connectivity index (χ4n) is 3.19. The Morgan fingerprint density at radius 3 is 2.60 bits per heavy atom. The van der Waals surface area contributed by atoms with Gasteiger partial charge < -0.3 is 11.1 Å². The Labute approximate surface area is 124 Å². The second-order valence-electron chi connectivity index (χ2n) is 7.08. The number of nitrogens with zero attached hydrogens (tertiary/aromatic N) is 1. The minimum atomic E-state index is 0.125. The molecule has 1 saturated heterocycles. The number of carbonyl (C=O) groups is 1. The first kappa shape index (κ1) is 17.4. The molecule has 0 spiro atoms. The van der Waals surface area contributed by atoms with E-state index in [0.717, 1.165) is 19.0 Å². The molecule has 0 radical (unpaired) electrons. The highest BCUT2D eigenvalue weighted by molar-refractivity contribution is 5.76. The van der Waals surface area contributed by atoms with E-state index in [1.54, 1.807) is 0 Å². The van der Waals surface area contributed by atoms with Gasteiger partial charge in [-0.05, 0) is 50.6 Å². The van der Waals surface area contributed by atoms with Gasteiger partial charge in [-0.1, -0.05) is 20.8 Å². The van der Waals surface area contributed by atoms with Crippen LogP contribution in [0.15, 0.2) is 0 Å². The Balaban J connectivity index is 2.55. The number of rotatable bonds is 5. The number of nitrogens with one attached hydrogen (secondary N) is 1. The van der Waals surface area contributed by atoms with Crippen LogP contribution in [-0.4, -0.2) is 43.0 Å². The molecule has 0 aromatic rings. The average Bonchev–Trinajstić information content (AvgIpc) is 2.61. The summed E-state index contributed by atoms with van der Waals surface area (Å²) in [5.41, 5.74) is 6.28. The summed E-state index contributed by atoms with van der Waals surface area (Å²) in [7, 11) is 0. The monoisotopic (exact) mass is 283 g/mol. The van der Waals surface area contributed by atoms with Gasteiger partial charge in [0.25, 0.3) is 0 Å². The Hall–Kier alpha value is -0.610. The normalized spacial score (nSPS) is 23.1. The van der Waals surface area contributed by atoms with E-state index >= 15 is 0 Å². The second-order valence-corrected chi connectivity index (χ2v) is 7.08. The summed E-state index contributed by atoms with van der Waals surface area (Å²) >= 11 is 0. The quantitative estimate of drug-likeness (QED) is 0.811. The lowest BCUT2D eigenvalue weighted by Gasteiger charge is -2.31. The van der Waals surface area contributed by atoms with Crippen molar-refractivity contribution >= 4 is 5.91 Å². The molecule has 1 fully saturated rings. The topological polar surface area (TPSA) is 58.4 Å². The number of likely N-dealkylation sites (tertiary alicyclic amines) is 1. The molecular formula is C16H33N3O. The zero-order valence-electron chi connectivity index (χ0n) is 13.7. The van der Waals surface area contributed by atoms with E-state index in [1.165, 1.54) is 19.3 Å². The lowest BCUT2D eigenvalue weighted by atomic mass is 9.77. The van der Waals surface area contributed by atoms with Crippen molar-refractivity contribution in [2.75, 3.05) is 26.2 Å². The number of amides is 1. The van der Waals surface area contributed by atoms with Crippen molar-refractivity contribution in [3.05, 3.63) is 0 Å². The van der Waals surface area contributed by atoms with Crippen molar-refractivity contribution in [2.45, 2.75) is 59.4 Å². The van der Waals surface area contributed by atoms with Gasteiger partial charge in [0.1, 0.15) is 0 Å². The molecule has 4 heteroatoms. The molecule has 118 valence electrons. The summed E-state index contributed by atoms with van der Waals surface area (Å²) in [4.78, 5) is 14.2. The Kier molecular flexibility index (Phi) is 6.96. The smallest absolute Gasteiger partial charge is 0.221 e. The van der Waals surface area contributed by atoms with Crippen molar-refractivity contribution in [3.8, 4) is 0 Å². The van der Waals surface area contributed by atoms with Crippen LogP contribution in [0.3, 0.4) is 0 Å². The Morgan fingerprint density at radius 2 is 2.05 bits per heavy atom. The molecule has 0 aromatic carbocycles. The van der Waals surface area contributed by atoms with Crippen LogP contribution >= 0.6 is 0 Å². The summed E-state index contributed by atoms with van der Waals surface area (Å²) in [6.07, 6.45) is 4.26. The minimum absolute atomic E-state index is 0.125. The fourth-order valence-corrected chi connectivity index (χ4v) is 3.19. The molecular weight excluding hydrogens is 250 g/mol. The minimum Gasteiger partial charge on any atom is -0.356 e. The van der Waals surface area contributed by atoms with Gasteiger partial charge in [0.15, 0.2) is 0 Å². The fraction of sp³-hybridized carbons (Fsp3) is 0.938. The molecule has 1 amide bonds. The molecule has 1 rings (SSSR count). The third kappa shape index (κ3) is 5.41. The first-order chi connectivity index (χ1) is 9.38. The second kappa shape index (κ2) is 7.99. The molecule has 0 bridgehead atoms. The molecule has 0 saturated carbocycles. The summed E-state index contributed by atoms with van der Waals surface area (Å²) in [5.74, 6) is 0.898. The largest absolute Gasteiger partial charge is 0.356 e. The van der Waals surface area contributed by atoms with Crippen LogP contribution in [0.5, 0.6) is 0 Å². The van der Waals surface area contributed by atoms with Crippen molar-refractivity contribution in [1.82, 2.24) is 10.2 Å². The highest BCUT2D eigenvalue weighted by atomic mass is 16.1. The van der Waals surface area contributed by atoms with Gasteiger partial charge in [0, 0.05) is 25.6 Å². The number of hydrogen-bond acceptors (Lipinski definition) is 3. The van der Waals surface area contributed by atoms with Gasteiger partial charge in [-0.15, -0.1) is 0 Å². The van der Waals surface area contributed by atoms with Gasteiger partial charge >= 0.3 is 0 Å². The molecule has 1 aliphatic rings. The van der Waals surface area contributed by atoms with Crippen molar-refractivity contribution < 1.29 is 4.79 Å². The summed E-state index contributed by atoms with van der Waals surface area (Å²) in [5, 5.41) is 2.88. The summed E-state index contributed by atoms with van der Waals surface area (Å²) in [6, 6.07) is 0.195. The summed E-state index contributed by atoms with van der Waals surface area (Å²) in [6.45, 7) is 12.4. The molecule has 1 heterocycles. The zero-order valence-corrected chi connectivity index (χ0v) is 13.7. The van der Waals surface area contributed by atoms with Crippen LogP contribution in [0.25, 0.3) is 0 Å². The molecule has 3 N–H and O–H groups in total. The number of hydrogen-bond donors (Lipinski definition) is 2. The van der Waals surface area contributed by atoms with Crippen LogP contribution in [-0.2, 0) is 4.79 Å². The van der Waals surface area contributed by atoms with Crippen LogP contribution in [0.2, 0.25) is 0 Å². The Bertz CT molecular complexity index is 299. The van der Waals surface area contributed by atoms with Crippen LogP contribution in [0.1, 0.15) is 53.4 Å². The lowest BCUT2D eigenvalue weighted by molar-refractivity contribution is -0.122. The van der Waals surface area contributed by atoms with E-state index in [2.05, 4.69) is 31.0 Å². The van der Waals surface area contributed by atoms with E-state index in [4.69, 9.17) is 5.73 Å². The first-order valence-electron chi connectivity index (χ1n) is 8.09. The Morgan fingerprint density at radius 1 is 1.35 bits per heavy atom. The van der Waals surface area contributed by atoms with Gasteiger partial charge in [-0.25, -0.2) is 0 Å². The maximum Gasteiger partial charge on any atom is 0.221 e. The molecule has 0 aromatic heterocycles.